The number of amides is 2. The lowest BCUT2D eigenvalue weighted by Crippen LogP contribution is -2.24. The number of nitrogens with zero attached hydrogens (tertiary/aromatic N) is 1. The van der Waals surface area contributed by atoms with Gasteiger partial charge in [0.05, 0.1) is 25.8 Å². The number of anilines is 2. The molecule has 0 aromatic heterocycles. The van der Waals surface area contributed by atoms with E-state index >= 15 is 0 Å². The van der Waals surface area contributed by atoms with E-state index in [2.05, 4.69) is 5.32 Å². The lowest BCUT2D eigenvalue weighted by molar-refractivity contribution is -0.117. The number of benzene rings is 2. The molecule has 0 spiro atoms. The minimum absolute atomic E-state index is 0.0691. The van der Waals surface area contributed by atoms with E-state index < -0.39 is 0 Å². The van der Waals surface area contributed by atoms with E-state index in [0.29, 0.717) is 35.8 Å². The Morgan fingerprint density at radius 3 is 2.81 bits per heavy atom. The number of carbonyl (C=O) groups excluding carboxylic acids is 2. The Bertz CT molecular complexity index is 840. The summed E-state index contributed by atoms with van der Waals surface area (Å²) < 4.78 is 23.8. The van der Waals surface area contributed by atoms with Crippen LogP contribution in [0.5, 0.6) is 11.5 Å². The Labute approximate surface area is 156 Å². The van der Waals surface area contributed by atoms with Gasteiger partial charge in [-0.25, -0.2) is 4.39 Å². The molecule has 1 heterocycles. The molecule has 0 radical (unpaired) electrons. The summed E-state index contributed by atoms with van der Waals surface area (Å²) in [5.41, 5.74) is 1.27. The topological polar surface area (TPSA) is 67.9 Å². The van der Waals surface area contributed by atoms with Gasteiger partial charge in [0.2, 0.25) is 11.8 Å². The molecule has 27 heavy (non-hydrogen) atoms. The summed E-state index contributed by atoms with van der Waals surface area (Å²) in [7, 11) is 1.53. The number of rotatable bonds is 7. The van der Waals surface area contributed by atoms with Crippen LogP contribution >= 0.6 is 0 Å². The zero-order valence-corrected chi connectivity index (χ0v) is 15.0. The molecule has 0 saturated carbocycles. The van der Waals surface area contributed by atoms with Crippen molar-refractivity contribution in [3.05, 3.63) is 48.3 Å². The quantitative estimate of drug-likeness (QED) is 0.809. The van der Waals surface area contributed by atoms with Crippen molar-refractivity contribution < 1.29 is 23.5 Å². The minimum atomic E-state index is -0.388. The van der Waals surface area contributed by atoms with Gasteiger partial charge in [0, 0.05) is 30.8 Å². The predicted molar refractivity (Wildman–Crippen MR) is 99.7 cm³/mol. The molecule has 142 valence electrons. The highest BCUT2D eigenvalue weighted by molar-refractivity contribution is 5.97. The first-order valence-corrected chi connectivity index (χ1v) is 8.73. The molecule has 0 unspecified atom stereocenters. The van der Waals surface area contributed by atoms with E-state index in [4.69, 9.17) is 9.47 Å². The molecule has 0 aliphatic carbocycles. The number of ether oxygens (including phenoxy) is 2. The van der Waals surface area contributed by atoms with Gasteiger partial charge in [0.25, 0.3) is 0 Å². The van der Waals surface area contributed by atoms with Gasteiger partial charge in [-0.1, -0.05) is 6.07 Å². The van der Waals surface area contributed by atoms with E-state index in [9.17, 15) is 14.0 Å². The zero-order valence-electron chi connectivity index (χ0n) is 15.0. The van der Waals surface area contributed by atoms with E-state index in [1.165, 1.54) is 19.2 Å². The van der Waals surface area contributed by atoms with Gasteiger partial charge in [-0.05, 0) is 30.7 Å². The monoisotopic (exact) mass is 372 g/mol. The Morgan fingerprint density at radius 2 is 2.11 bits per heavy atom. The van der Waals surface area contributed by atoms with Gasteiger partial charge < -0.3 is 19.7 Å². The molecule has 2 aromatic carbocycles. The molecule has 1 N–H and O–H groups in total. The number of methoxy groups -OCH3 is 1. The number of carbonyl (C=O) groups is 2. The largest absolute Gasteiger partial charge is 0.494 e. The number of halogens is 1. The standard InChI is InChI=1S/C20H21FN2O4/c1-26-18-13-15(7-8-17(18)23-10-3-6-20(23)25)22-19(24)9-11-27-16-5-2-4-14(21)12-16/h2,4-5,7-8,12-13H,3,6,9-11H2,1H3,(H,22,24). The first-order valence-electron chi connectivity index (χ1n) is 8.73. The summed E-state index contributed by atoms with van der Waals surface area (Å²) in [4.78, 5) is 25.7. The maximum absolute atomic E-state index is 13.1. The molecule has 1 aliphatic heterocycles. The van der Waals surface area contributed by atoms with Crippen LogP contribution in [-0.4, -0.2) is 32.1 Å². The van der Waals surface area contributed by atoms with Gasteiger partial charge in [0.1, 0.15) is 17.3 Å². The second kappa shape index (κ2) is 8.53. The maximum Gasteiger partial charge on any atom is 0.227 e. The lowest BCUT2D eigenvalue weighted by atomic mass is 10.2. The van der Waals surface area contributed by atoms with Crippen LogP contribution in [0.25, 0.3) is 0 Å². The van der Waals surface area contributed by atoms with Crippen molar-refractivity contribution in [1.29, 1.82) is 0 Å². The number of nitrogens with one attached hydrogen (secondary N) is 1. The predicted octanol–water partition coefficient (Wildman–Crippen LogP) is 3.37. The SMILES string of the molecule is COc1cc(NC(=O)CCOc2cccc(F)c2)ccc1N1CCCC1=O. The zero-order chi connectivity index (χ0) is 19.2. The Morgan fingerprint density at radius 1 is 1.26 bits per heavy atom. The first kappa shape index (κ1) is 18.7. The van der Waals surface area contributed by atoms with Gasteiger partial charge in [0.15, 0.2) is 0 Å². The van der Waals surface area contributed by atoms with E-state index in [-0.39, 0.29) is 30.7 Å². The summed E-state index contributed by atoms with van der Waals surface area (Å²) in [5, 5.41) is 2.77. The average Bonchev–Trinajstić information content (AvgIpc) is 3.07. The summed E-state index contributed by atoms with van der Waals surface area (Å²) in [6.45, 7) is 0.797. The molecule has 6 nitrogen and oxygen atoms in total. The summed E-state index contributed by atoms with van der Waals surface area (Å²) >= 11 is 0. The molecule has 0 atom stereocenters. The van der Waals surface area contributed by atoms with Gasteiger partial charge in [-0.15, -0.1) is 0 Å². The fourth-order valence-corrected chi connectivity index (χ4v) is 2.92. The third-order valence-corrected chi connectivity index (χ3v) is 4.22. The smallest absolute Gasteiger partial charge is 0.227 e. The maximum atomic E-state index is 13.1. The molecular formula is C20H21FN2O4. The van der Waals surface area contributed by atoms with E-state index in [1.54, 1.807) is 35.2 Å². The molecule has 1 aliphatic rings. The van der Waals surface area contributed by atoms with Crippen LogP contribution in [0, 0.1) is 5.82 Å². The third kappa shape index (κ3) is 4.75. The Hall–Kier alpha value is -3.09. The molecule has 3 rings (SSSR count). The molecule has 2 aromatic rings. The van der Waals surface area contributed by atoms with Gasteiger partial charge in [-0.3, -0.25) is 9.59 Å². The van der Waals surface area contributed by atoms with Crippen LogP contribution in [-0.2, 0) is 9.59 Å². The fraction of sp³-hybridized carbons (Fsp3) is 0.300. The van der Waals surface area contributed by atoms with Crippen LogP contribution in [0.1, 0.15) is 19.3 Å². The normalized spacial score (nSPS) is 13.6. The Kier molecular flexibility index (Phi) is 5.90. The summed E-state index contributed by atoms with van der Waals surface area (Å²) in [6, 6.07) is 10.9. The number of hydrogen-bond acceptors (Lipinski definition) is 4. The van der Waals surface area contributed by atoms with Crippen molar-refractivity contribution in [2.45, 2.75) is 19.3 Å². The van der Waals surface area contributed by atoms with Crippen LogP contribution in [0.2, 0.25) is 0 Å². The molecule has 1 fully saturated rings. The van der Waals surface area contributed by atoms with Crippen LogP contribution in [0.3, 0.4) is 0 Å². The van der Waals surface area contributed by atoms with Crippen LogP contribution in [0.15, 0.2) is 42.5 Å². The minimum Gasteiger partial charge on any atom is -0.494 e. The van der Waals surface area contributed by atoms with Crippen LogP contribution < -0.4 is 19.7 Å². The van der Waals surface area contributed by atoms with Gasteiger partial charge in [-0.2, -0.15) is 0 Å². The molecule has 0 bridgehead atoms. The third-order valence-electron chi connectivity index (χ3n) is 4.22. The molecule has 2 amide bonds. The summed E-state index contributed by atoms with van der Waals surface area (Å²) in [6.07, 6.45) is 1.48. The average molecular weight is 372 g/mol. The second-order valence-corrected chi connectivity index (χ2v) is 6.14. The summed E-state index contributed by atoms with van der Waals surface area (Å²) in [5.74, 6) is 0.349. The van der Waals surface area contributed by atoms with Crippen LogP contribution in [0.4, 0.5) is 15.8 Å². The van der Waals surface area contributed by atoms with Crippen molar-refractivity contribution in [1.82, 2.24) is 0 Å². The first-order chi connectivity index (χ1) is 13.1. The van der Waals surface area contributed by atoms with Gasteiger partial charge >= 0.3 is 0 Å². The van der Waals surface area contributed by atoms with E-state index in [1.807, 2.05) is 0 Å². The molecule has 1 saturated heterocycles. The fourth-order valence-electron chi connectivity index (χ4n) is 2.92. The molecule has 7 heteroatoms. The second-order valence-electron chi connectivity index (χ2n) is 6.14. The highest BCUT2D eigenvalue weighted by Crippen LogP contribution is 2.33. The lowest BCUT2D eigenvalue weighted by Gasteiger charge is -2.19. The van der Waals surface area contributed by atoms with Crippen molar-refractivity contribution >= 4 is 23.2 Å². The highest BCUT2D eigenvalue weighted by atomic mass is 19.1. The van der Waals surface area contributed by atoms with Crippen molar-refractivity contribution in [2.75, 3.05) is 30.5 Å². The highest BCUT2D eigenvalue weighted by Gasteiger charge is 2.24. The van der Waals surface area contributed by atoms with Crippen molar-refractivity contribution in [3.8, 4) is 11.5 Å². The number of hydrogen-bond donors (Lipinski definition) is 1. The van der Waals surface area contributed by atoms with Crippen molar-refractivity contribution in [3.63, 3.8) is 0 Å². The molecular weight excluding hydrogens is 351 g/mol. The Balaban J connectivity index is 1.56. The van der Waals surface area contributed by atoms with E-state index in [0.717, 1.165) is 6.42 Å². The van der Waals surface area contributed by atoms with Crippen molar-refractivity contribution in [2.24, 2.45) is 0 Å².